The number of hydrogen-bond acceptors (Lipinski definition) is 5. The van der Waals surface area contributed by atoms with Gasteiger partial charge >= 0.3 is 0 Å². The molecule has 1 N–H and O–H groups in total. The fraction of sp³-hybridized carbons (Fsp3) is 0.200. The summed E-state index contributed by atoms with van der Waals surface area (Å²) in [6.07, 6.45) is 3.06. The molecule has 2 aromatic heterocycles. The van der Waals surface area contributed by atoms with Gasteiger partial charge in [-0.05, 0) is 49.2 Å². The summed E-state index contributed by atoms with van der Waals surface area (Å²) in [5, 5.41) is 3.30. The highest BCUT2D eigenvalue weighted by atomic mass is 32.2. The van der Waals surface area contributed by atoms with E-state index < -0.39 is 5.91 Å². The maximum Gasteiger partial charge on any atom is 0.266 e. The number of carbonyl (C=O) groups is 1. The number of aryl methyl sites for hydroxylation is 2. The monoisotopic (exact) mass is 380 g/mol. The zero-order valence-corrected chi connectivity index (χ0v) is 16.2. The van der Waals surface area contributed by atoms with Gasteiger partial charge < -0.3 is 5.32 Å². The highest BCUT2D eigenvalue weighted by Crippen LogP contribution is 2.18. The van der Waals surface area contributed by atoms with Gasteiger partial charge in [0.25, 0.3) is 11.5 Å². The predicted octanol–water partition coefficient (Wildman–Crippen LogP) is 3.34. The Morgan fingerprint density at radius 1 is 1.15 bits per heavy atom. The zero-order valence-electron chi connectivity index (χ0n) is 15.4. The minimum atomic E-state index is -0.465. The molecule has 0 atom stereocenters. The van der Waals surface area contributed by atoms with Crippen LogP contribution in [-0.2, 0) is 12.8 Å². The quantitative estimate of drug-likeness (QED) is 0.543. The van der Waals surface area contributed by atoms with Crippen LogP contribution in [0.3, 0.4) is 0 Å². The topological polar surface area (TPSA) is 76.9 Å². The maximum atomic E-state index is 12.6. The first-order valence-corrected chi connectivity index (χ1v) is 9.41. The number of benzene rings is 1. The van der Waals surface area contributed by atoms with Gasteiger partial charge in [-0.15, -0.1) is 0 Å². The Labute approximate surface area is 161 Å². The van der Waals surface area contributed by atoms with E-state index in [1.807, 2.05) is 50.2 Å². The van der Waals surface area contributed by atoms with Crippen molar-refractivity contribution in [1.29, 1.82) is 0 Å². The molecule has 0 unspecified atom stereocenters. The van der Waals surface area contributed by atoms with E-state index in [0.29, 0.717) is 16.6 Å². The van der Waals surface area contributed by atoms with Gasteiger partial charge in [0.1, 0.15) is 5.56 Å². The normalized spacial score (nSPS) is 10.6. The third-order valence-electron chi connectivity index (χ3n) is 4.21. The van der Waals surface area contributed by atoms with E-state index in [1.54, 1.807) is 13.2 Å². The predicted molar refractivity (Wildman–Crippen MR) is 107 cm³/mol. The molecular formula is C20H20N4O2S. The highest BCUT2D eigenvalue weighted by Gasteiger charge is 2.15. The number of thioether (sulfide) groups is 1. The molecule has 1 amide bonds. The Bertz CT molecular complexity index is 1030. The van der Waals surface area contributed by atoms with Crippen LogP contribution in [0.25, 0.3) is 0 Å². The molecule has 3 rings (SSSR count). The molecule has 6 nitrogen and oxygen atoms in total. The van der Waals surface area contributed by atoms with Crippen LogP contribution in [0.15, 0.2) is 58.7 Å². The molecule has 0 bridgehead atoms. The summed E-state index contributed by atoms with van der Waals surface area (Å²) in [6, 6.07) is 11.3. The van der Waals surface area contributed by atoms with Crippen molar-refractivity contribution in [2.24, 2.45) is 7.05 Å². The number of anilines is 1. The Morgan fingerprint density at radius 2 is 1.96 bits per heavy atom. The summed E-state index contributed by atoms with van der Waals surface area (Å²) in [6.45, 7) is 3.97. The zero-order chi connectivity index (χ0) is 19.4. The first-order valence-electron chi connectivity index (χ1n) is 8.43. The van der Waals surface area contributed by atoms with E-state index in [-0.39, 0.29) is 11.1 Å². The number of pyridine rings is 1. The average Bonchev–Trinajstić information content (AvgIpc) is 2.66. The molecule has 0 saturated heterocycles. The van der Waals surface area contributed by atoms with Gasteiger partial charge in [-0.25, -0.2) is 4.98 Å². The van der Waals surface area contributed by atoms with Crippen LogP contribution in [0, 0.1) is 13.8 Å². The SMILES string of the molecule is Cc1ccc(NC(=O)c2cnc(SCc3ccccn3)n(C)c2=O)cc1C. The van der Waals surface area contributed by atoms with Gasteiger partial charge in [0.15, 0.2) is 5.16 Å². The molecule has 0 aliphatic heterocycles. The van der Waals surface area contributed by atoms with Crippen molar-refractivity contribution >= 4 is 23.4 Å². The van der Waals surface area contributed by atoms with Gasteiger partial charge in [-0.3, -0.25) is 19.1 Å². The lowest BCUT2D eigenvalue weighted by Crippen LogP contribution is -2.29. The summed E-state index contributed by atoms with van der Waals surface area (Å²) in [7, 11) is 1.61. The second-order valence-electron chi connectivity index (χ2n) is 6.18. The molecule has 7 heteroatoms. The van der Waals surface area contributed by atoms with Crippen LogP contribution >= 0.6 is 11.8 Å². The van der Waals surface area contributed by atoms with Crippen LogP contribution in [0.4, 0.5) is 5.69 Å². The fourth-order valence-electron chi connectivity index (χ4n) is 2.46. The van der Waals surface area contributed by atoms with Crippen LogP contribution in [0.1, 0.15) is 27.2 Å². The number of amides is 1. The number of carbonyl (C=O) groups excluding carboxylic acids is 1. The van der Waals surface area contributed by atoms with Crippen LogP contribution in [0.5, 0.6) is 0 Å². The summed E-state index contributed by atoms with van der Waals surface area (Å²) >= 11 is 1.40. The third kappa shape index (κ3) is 4.43. The molecule has 1 aromatic carbocycles. The average molecular weight is 380 g/mol. The van der Waals surface area contributed by atoms with Gasteiger partial charge in [0.05, 0.1) is 5.69 Å². The third-order valence-corrected chi connectivity index (χ3v) is 5.29. The van der Waals surface area contributed by atoms with E-state index in [2.05, 4.69) is 15.3 Å². The van der Waals surface area contributed by atoms with E-state index >= 15 is 0 Å². The van der Waals surface area contributed by atoms with E-state index in [9.17, 15) is 9.59 Å². The molecule has 0 saturated carbocycles. The highest BCUT2D eigenvalue weighted by molar-refractivity contribution is 7.98. The van der Waals surface area contributed by atoms with Crippen LogP contribution < -0.4 is 10.9 Å². The van der Waals surface area contributed by atoms with Gasteiger partial charge in [-0.2, -0.15) is 0 Å². The molecule has 0 radical (unpaired) electrons. The van der Waals surface area contributed by atoms with E-state index in [0.717, 1.165) is 16.8 Å². The van der Waals surface area contributed by atoms with E-state index in [1.165, 1.54) is 22.5 Å². The lowest BCUT2D eigenvalue weighted by Gasteiger charge is -2.10. The van der Waals surface area contributed by atoms with Crippen molar-refractivity contribution in [1.82, 2.24) is 14.5 Å². The van der Waals surface area contributed by atoms with Crippen LogP contribution in [-0.4, -0.2) is 20.4 Å². The second-order valence-corrected chi connectivity index (χ2v) is 7.12. The molecule has 0 fully saturated rings. The van der Waals surface area contributed by atoms with Crippen molar-refractivity contribution < 1.29 is 4.79 Å². The number of nitrogens with zero attached hydrogens (tertiary/aromatic N) is 3. The molecule has 0 aliphatic rings. The first kappa shape index (κ1) is 18.8. The largest absolute Gasteiger partial charge is 0.322 e. The Hall–Kier alpha value is -2.93. The molecule has 0 aliphatic carbocycles. The summed E-state index contributed by atoms with van der Waals surface area (Å²) in [5.74, 6) is 0.127. The minimum absolute atomic E-state index is 0.0120. The number of nitrogens with one attached hydrogen (secondary N) is 1. The Morgan fingerprint density at radius 3 is 2.67 bits per heavy atom. The second kappa shape index (κ2) is 8.18. The lowest BCUT2D eigenvalue weighted by molar-refractivity contribution is 0.102. The molecular weight excluding hydrogens is 360 g/mol. The van der Waals surface area contributed by atoms with Gasteiger partial charge in [0.2, 0.25) is 0 Å². The Balaban J connectivity index is 1.76. The lowest BCUT2D eigenvalue weighted by atomic mass is 10.1. The van der Waals surface area contributed by atoms with Crippen molar-refractivity contribution in [2.75, 3.05) is 5.32 Å². The minimum Gasteiger partial charge on any atom is -0.322 e. The summed E-state index contributed by atoms with van der Waals surface area (Å²) < 4.78 is 1.39. The number of aromatic nitrogens is 3. The molecule has 138 valence electrons. The molecule has 2 heterocycles. The fourth-order valence-corrected chi connectivity index (χ4v) is 3.31. The van der Waals surface area contributed by atoms with Crippen molar-refractivity contribution in [3.63, 3.8) is 0 Å². The maximum absolute atomic E-state index is 12.6. The number of hydrogen-bond donors (Lipinski definition) is 1. The standard InChI is InChI=1S/C20H20N4O2S/c1-13-7-8-15(10-14(13)2)23-18(25)17-11-22-20(24(3)19(17)26)27-12-16-6-4-5-9-21-16/h4-11H,12H2,1-3H3,(H,23,25). The van der Waals surface area contributed by atoms with Crippen LogP contribution in [0.2, 0.25) is 0 Å². The number of rotatable bonds is 5. The molecule has 27 heavy (non-hydrogen) atoms. The van der Waals surface area contributed by atoms with Crippen molar-refractivity contribution in [3.05, 3.63) is 81.5 Å². The van der Waals surface area contributed by atoms with Crippen molar-refractivity contribution in [2.45, 2.75) is 24.8 Å². The summed E-state index contributed by atoms with van der Waals surface area (Å²) in [5.41, 5.74) is 3.39. The smallest absolute Gasteiger partial charge is 0.266 e. The first-order chi connectivity index (χ1) is 13.0. The molecule has 3 aromatic rings. The van der Waals surface area contributed by atoms with Gasteiger partial charge in [0, 0.05) is 30.9 Å². The van der Waals surface area contributed by atoms with Crippen molar-refractivity contribution in [3.8, 4) is 0 Å². The molecule has 0 spiro atoms. The van der Waals surface area contributed by atoms with Gasteiger partial charge in [-0.1, -0.05) is 23.9 Å². The van der Waals surface area contributed by atoms with E-state index in [4.69, 9.17) is 0 Å². The summed E-state index contributed by atoms with van der Waals surface area (Å²) in [4.78, 5) is 33.6. The Kier molecular flexibility index (Phi) is 5.71.